The molecule has 6 nitrogen and oxygen atoms in total. The maximum absolute atomic E-state index is 12.5. The van der Waals surface area contributed by atoms with Crippen molar-refractivity contribution in [2.75, 3.05) is 18.4 Å². The molecule has 0 spiro atoms. The monoisotopic (exact) mass is 333 g/mol. The minimum absolute atomic E-state index is 0.0344. The van der Waals surface area contributed by atoms with Crippen LogP contribution >= 0.6 is 0 Å². The third-order valence-electron chi connectivity index (χ3n) is 5.58. The molecule has 1 aromatic heterocycles. The van der Waals surface area contributed by atoms with Crippen molar-refractivity contribution in [1.29, 1.82) is 0 Å². The van der Waals surface area contributed by atoms with Crippen LogP contribution in [0.25, 0.3) is 0 Å². The average molecular weight is 333 g/mol. The molecule has 134 valence electrons. The Bertz CT molecular complexity index is 544. The van der Waals surface area contributed by atoms with Gasteiger partial charge < -0.3 is 5.32 Å². The van der Waals surface area contributed by atoms with Gasteiger partial charge in [0.25, 0.3) is 0 Å². The first-order chi connectivity index (χ1) is 11.6. The first kappa shape index (κ1) is 17.4. The topological polar surface area (TPSA) is 71.8 Å². The van der Waals surface area contributed by atoms with Crippen LogP contribution in [0, 0.1) is 11.8 Å². The van der Waals surface area contributed by atoms with Gasteiger partial charge in [0.15, 0.2) is 5.82 Å². The number of carbonyl (C=O) groups excluding carboxylic acids is 1. The minimum atomic E-state index is 0.0344. The van der Waals surface area contributed by atoms with E-state index in [0.717, 1.165) is 38.2 Å². The van der Waals surface area contributed by atoms with Gasteiger partial charge in [0.2, 0.25) is 11.9 Å². The molecule has 6 heteroatoms. The Morgan fingerprint density at radius 3 is 2.67 bits per heavy atom. The zero-order valence-corrected chi connectivity index (χ0v) is 15.1. The molecule has 0 bridgehead atoms. The molecule has 1 aliphatic heterocycles. The average Bonchev–Trinajstić information content (AvgIpc) is 2.97. The molecule has 3 rings (SSSR count). The van der Waals surface area contributed by atoms with Crippen molar-refractivity contribution in [3.8, 4) is 0 Å². The van der Waals surface area contributed by atoms with Crippen molar-refractivity contribution >= 4 is 11.9 Å². The van der Waals surface area contributed by atoms with Crippen molar-refractivity contribution in [3.05, 3.63) is 5.82 Å². The lowest BCUT2D eigenvalue weighted by Gasteiger charge is -2.24. The Hall–Kier alpha value is -1.43. The quantitative estimate of drug-likeness (QED) is 0.869. The number of hydrogen-bond donors (Lipinski definition) is 2. The Kier molecular flexibility index (Phi) is 5.87. The van der Waals surface area contributed by atoms with E-state index in [1.165, 1.54) is 32.1 Å². The summed E-state index contributed by atoms with van der Waals surface area (Å²) < 4.78 is 1.71. The zero-order valence-electron chi connectivity index (χ0n) is 15.1. The predicted octanol–water partition coefficient (Wildman–Crippen LogP) is 2.83. The first-order valence-corrected chi connectivity index (χ1v) is 9.56. The number of nitrogens with one attached hydrogen (secondary N) is 2. The lowest BCUT2D eigenvalue weighted by molar-refractivity contribution is -0.120. The molecule has 1 aliphatic carbocycles. The maximum atomic E-state index is 12.5. The van der Waals surface area contributed by atoms with Crippen LogP contribution in [0.5, 0.6) is 0 Å². The molecule has 0 radical (unpaired) electrons. The maximum Gasteiger partial charge on any atom is 0.229 e. The van der Waals surface area contributed by atoms with Gasteiger partial charge in [-0.3, -0.25) is 10.1 Å². The number of aromatic nitrogens is 3. The molecule has 1 atom stereocenters. The fourth-order valence-electron chi connectivity index (χ4n) is 4.03. The Morgan fingerprint density at radius 1 is 1.25 bits per heavy atom. The van der Waals surface area contributed by atoms with E-state index >= 15 is 0 Å². The third kappa shape index (κ3) is 4.35. The Balaban J connectivity index is 1.56. The van der Waals surface area contributed by atoms with Crippen LogP contribution in [0.4, 0.5) is 5.95 Å². The summed E-state index contributed by atoms with van der Waals surface area (Å²) in [4.78, 5) is 17.1. The lowest BCUT2D eigenvalue weighted by atomic mass is 9.83. The number of nitrogens with zero attached hydrogens (tertiary/aromatic N) is 3. The van der Waals surface area contributed by atoms with Crippen LogP contribution in [0.2, 0.25) is 0 Å². The van der Waals surface area contributed by atoms with Crippen molar-refractivity contribution < 1.29 is 4.79 Å². The molecule has 24 heavy (non-hydrogen) atoms. The summed E-state index contributed by atoms with van der Waals surface area (Å²) in [5, 5.41) is 10.9. The van der Waals surface area contributed by atoms with Crippen LogP contribution < -0.4 is 10.6 Å². The van der Waals surface area contributed by atoms with E-state index in [4.69, 9.17) is 0 Å². The van der Waals surface area contributed by atoms with E-state index in [0.29, 0.717) is 17.8 Å². The fourth-order valence-corrected chi connectivity index (χ4v) is 4.03. The van der Waals surface area contributed by atoms with Crippen LogP contribution in [0.3, 0.4) is 0 Å². The van der Waals surface area contributed by atoms with Crippen LogP contribution in [0.15, 0.2) is 0 Å². The summed E-state index contributed by atoms with van der Waals surface area (Å²) in [5.74, 6) is 2.69. The van der Waals surface area contributed by atoms with Gasteiger partial charge in [-0.05, 0) is 38.3 Å². The number of rotatable bonds is 5. The van der Waals surface area contributed by atoms with Gasteiger partial charge in [0.05, 0.1) is 0 Å². The predicted molar refractivity (Wildman–Crippen MR) is 94.8 cm³/mol. The normalized spacial score (nSPS) is 21.6. The summed E-state index contributed by atoms with van der Waals surface area (Å²) in [6.45, 7) is 4.07. The van der Waals surface area contributed by atoms with E-state index in [2.05, 4.69) is 20.7 Å². The lowest BCUT2D eigenvalue weighted by Crippen LogP contribution is -2.27. The molecule has 0 aromatic carbocycles. The Morgan fingerprint density at radius 2 is 1.96 bits per heavy atom. The van der Waals surface area contributed by atoms with Gasteiger partial charge >= 0.3 is 0 Å². The smallest absolute Gasteiger partial charge is 0.229 e. The van der Waals surface area contributed by atoms with E-state index < -0.39 is 0 Å². The Labute approximate surface area is 144 Å². The number of hydrogen-bond acceptors (Lipinski definition) is 4. The fraction of sp³-hybridized carbons (Fsp3) is 0.833. The van der Waals surface area contributed by atoms with Gasteiger partial charge in [-0.25, -0.2) is 4.68 Å². The highest BCUT2D eigenvalue weighted by atomic mass is 16.2. The van der Waals surface area contributed by atoms with E-state index in [9.17, 15) is 4.79 Å². The first-order valence-electron chi connectivity index (χ1n) is 9.56. The second-order valence-corrected chi connectivity index (χ2v) is 7.57. The highest BCUT2D eigenvalue weighted by Gasteiger charge is 2.24. The number of aryl methyl sites for hydroxylation is 1. The molecule has 1 aromatic rings. The molecular weight excluding hydrogens is 302 g/mol. The number of amides is 1. The van der Waals surface area contributed by atoms with Gasteiger partial charge in [0.1, 0.15) is 0 Å². The van der Waals surface area contributed by atoms with E-state index in [-0.39, 0.29) is 11.8 Å². The molecule has 2 heterocycles. The minimum Gasteiger partial charge on any atom is -0.317 e. The summed E-state index contributed by atoms with van der Waals surface area (Å²) in [6, 6.07) is 0. The molecule has 2 aliphatic rings. The second-order valence-electron chi connectivity index (χ2n) is 7.57. The molecule has 2 fully saturated rings. The summed E-state index contributed by atoms with van der Waals surface area (Å²) in [6.07, 6.45) is 9.68. The van der Waals surface area contributed by atoms with Gasteiger partial charge in [-0.2, -0.15) is 10.1 Å². The van der Waals surface area contributed by atoms with Crippen LogP contribution in [-0.4, -0.2) is 33.8 Å². The van der Waals surface area contributed by atoms with Gasteiger partial charge in [0, 0.05) is 18.9 Å². The highest BCUT2D eigenvalue weighted by Crippen LogP contribution is 2.29. The third-order valence-corrected chi connectivity index (χ3v) is 5.58. The van der Waals surface area contributed by atoms with Crippen molar-refractivity contribution in [2.24, 2.45) is 18.9 Å². The zero-order chi connectivity index (χ0) is 16.9. The molecule has 2 N–H and O–H groups in total. The molecule has 1 saturated heterocycles. The largest absolute Gasteiger partial charge is 0.317 e. The summed E-state index contributed by atoms with van der Waals surface area (Å²) >= 11 is 0. The summed E-state index contributed by atoms with van der Waals surface area (Å²) in [5.41, 5.74) is 0. The van der Waals surface area contributed by atoms with Gasteiger partial charge in [-0.1, -0.05) is 39.0 Å². The van der Waals surface area contributed by atoms with Crippen molar-refractivity contribution in [1.82, 2.24) is 20.1 Å². The van der Waals surface area contributed by atoms with Crippen molar-refractivity contribution in [3.63, 3.8) is 0 Å². The van der Waals surface area contributed by atoms with Crippen molar-refractivity contribution in [2.45, 2.75) is 64.2 Å². The second kappa shape index (κ2) is 8.10. The van der Waals surface area contributed by atoms with Crippen LogP contribution in [0.1, 0.15) is 70.0 Å². The molecule has 1 unspecified atom stereocenters. The van der Waals surface area contributed by atoms with Crippen LogP contribution in [-0.2, 0) is 11.8 Å². The molecule has 1 amide bonds. The van der Waals surface area contributed by atoms with E-state index in [1.807, 2.05) is 14.0 Å². The van der Waals surface area contributed by atoms with Gasteiger partial charge in [-0.15, -0.1) is 0 Å². The number of piperidine rings is 1. The number of carbonyl (C=O) groups is 1. The SMILES string of the molecule is CC(CC1CCCCC1)C(=O)Nc1nc(C2CCNCC2)nn1C. The summed E-state index contributed by atoms with van der Waals surface area (Å²) in [7, 11) is 1.86. The molecular formula is C18H31N5O. The highest BCUT2D eigenvalue weighted by molar-refractivity contribution is 5.90. The number of anilines is 1. The standard InChI is InChI=1S/C18H31N5O/c1-13(12-14-6-4-3-5-7-14)17(24)21-18-20-16(22-23(18)2)15-8-10-19-11-9-15/h13-15,19H,3-12H2,1-2H3,(H,20,21,22,24). The molecule has 1 saturated carbocycles. The van der Waals surface area contributed by atoms with E-state index in [1.54, 1.807) is 4.68 Å².